The van der Waals surface area contributed by atoms with Crippen LogP contribution in [0.15, 0.2) is 24.3 Å². The molecule has 0 aromatic heterocycles. The van der Waals surface area contributed by atoms with E-state index in [9.17, 15) is 14.7 Å². The first kappa shape index (κ1) is 14.1. The highest BCUT2D eigenvalue weighted by Gasteiger charge is 2.43. The number of hydrogen-bond donors (Lipinski definition) is 1. The maximum Gasteiger partial charge on any atom is 0.310 e. The van der Waals surface area contributed by atoms with E-state index in [1.807, 2.05) is 17.0 Å². The number of nitrogens with zero attached hydrogens (tertiary/aromatic N) is 1. The van der Waals surface area contributed by atoms with Gasteiger partial charge in [0.15, 0.2) is 0 Å². The highest BCUT2D eigenvalue weighted by Crippen LogP contribution is 2.42. The molecule has 0 radical (unpaired) electrons. The number of aliphatic carboxylic acids is 1. The van der Waals surface area contributed by atoms with E-state index in [0.717, 1.165) is 19.3 Å². The van der Waals surface area contributed by atoms with Crippen molar-refractivity contribution < 1.29 is 14.7 Å². The van der Waals surface area contributed by atoms with Crippen molar-refractivity contribution in [3.8, 4) is 0 Å². The third-order valence-corrected chi connectivity index (χ3v) is 4.99. The largest absolute Gasteiger partial charge is 0.481 e. The maximum absolute atomic E-state index is 12.5. The molecule has 1 heterocycles. The number of carboxylic acid groups (broad SMARTS) is 1. The maximum atomic E-state index is 12.5. The third kappa shape index (κ3) is 2.67. The van der Waals surface area contributed by atoms with E-state index in [2.05, 4.69) is 12.1 Å². The Morgan fingerprint density at radius 1 is 1.14 bits per heavy atom. The van der Waals surface area contributed by atoms with Crippen molar-refractivity contribution in [2.24, 2.45) is 5.41 Å². The van der Waals surface area contributed by atoms with Gasteiger partial charge in [-0.3, -0.25) is 9.59 Å². The van der Waals surface area contributed by atoms with Crippen molar-refractivity contribution in [1.29, 1.82) is 0 Å². The third-order valence-electron chi connectivity index (χ3n) is 4.99. The molecule has 1 aromatic rings. The quantitative estimate of drug-likeness (QED) is 0.929. The summed E-state index contributed by atoms with van der Waals surface area (Å²) >= 11 is 0. The summed E-state index contributed by atoms with van der Waals surface area (Å²) in [6, 6.07) is 8.17. The molecule has 2 aliphatic rings. The molecule has 1 amide bonds. The Morgan fingerprint density at radius 3 is 2.48 bits per heavy atom. The van der Waals surface area contributed by atoms with Gasteiger partial charge in [-0.1, -0.05) is 37.1 Å². The Morgan fingerprint density at radius 2 is 1.81 bits per heavy atom. The average molecular weight is 287 g/mol. The molecule has 1 aliphatic heterocycles. The van der Waals surface area contributed by atoms with E-state index in [4.69, 9.17) is 0 Å². The second kappa shape index (κ2) is 5.51. The molecule has 1 saturated carbocycles. The molecule has 0 atom stereocenters. The molecule has 1 fully saturated rings. The van der Waals surface area contributed by atoms with Crippen LogP contribution in [0.5, 0.6) is 0 Å². The molecule has 0 unspecified atom stereocenters. The molecule has 112 valence electrons. The molecule has 0 bridgehead atoms. The molecule has 1 N–H and O–H groups in total. The van der Waals surface area contributed by atoms with Crippen molar-refractivity contribution in [1.82, 2.24) is 4.90 Å². The van der Waals surface area contributed by atoms with Crippen LogP contribution in [0.2, 0.25) is 0 Å². The predicted molar refractivity (Wildman–Crippen MR) is 78.7 cm³/mol. The molecular weight excluding hydrogens is 266 g/mol. The summed E-state index contributed by atoms with van der Waals surface area (Å²) in [6.07, 6.45) is 4.13. The van der Waals surface area contributed by atoms with E-state index < -0.39 is 11.4 Å². The van der Waals surface area contributed by atoms with Crippen LogP contribution in [0, 0.1) is 5.41 Å². The van der Waals surface area contributed by atoms with E-state index in [1.165, 1.54) is 11.1 Å². The van der Waals surface area contributed by atoms with Gasteiger partial charge in [-0.05, 0) is 30.4 Å². The lowest BCUT2D eigenvalue weighted by atomic mass is 9.82. The van der Waals surface area contributed by atoms with Crippen molar-refractivity contribution in [3.05, 3.63) is 35.4 Å². The van der Waals surface area contributed by atoms with Crippen LogP contribution in [0.3, 0.4) is 0 Å². The number of hydrogen-bond acceptors (Lipinski definition) is 2. The SMILES string of the molecule is O=C(CC1(C(=O)O)CCCC1)N1CCc2ccccc2C1. The standard InChI is InChI=1S/C17H21NO3/c19-15(11-17(16(20)21)8-3-4-9-17)18-10-7-13-5-1-2-6-14(13)12-18/h1-2,5-6H,3-4,7-12H2,(H,20,21). The minimum absolute atomic E-state index is 0.00574. The molecule has 0 saturated heterocycles. The zero-order chi connectivity index (χ0) is 14.9. The fourth-order valence-corrected chi connectivity index (χ4v) is 3.63. The first-order valence-corrected chi connectivity index (χ1v) is 7.69. The summed E-state index contributed by atoms with van der Waals surface area (Å²) in [5.74, 6) is -0.806. The Hall–Kier alpha value is -1.84. The second-order valence-corrected chi connectivity index (χ2v) is 6.30. The van der Waals surface area contributed by atoms with Gasteiger partial charge in [-0.15, -0.1) is 0 Å². The van der Waals surface area contributed by atoms with Gasteiger partial charge in [0.2, 0.25) is 5.91 Å². The Bertz CT molecular complexity index is 561. The van der Waals surface area contributed by atoms with Crippen LogP contribution in [0.1, 0.15) is 43.2 Å². The average Bonchev–Trinajstić information content (AvgIpc) is 2.96. The van der Waals surface area contributed by atoms with Gasteiger partial charge in [0, 0.05) is 19.5 Å². The molecule has 21 heavy (non-hydrogen) atoms. The number of rotatable bonds is 3. The number of fused-ring (bicyclic) bond motifs is 1. The lowest BCUT2D eigenvalue weighted by Gasteiger charge is -2.32. The topological polar surface area (TPSA) is 57.6 Å². The highest BCUT2D eigenvalue weighted by atomic mass is 16.4. The summed E-state index contributed by atoms with van der Waals surface area (Å²) in [4.78, 5) is 25.9. The first-order chi connectivity index (χ1) is 10.1. The summed E-state index contributed by atoms with van der Waals surface area (Å²) in [6.45, 7) is 1.32. The van der Waals surface area contributed by atoms with Crippen molar-refractivity contribution in [2.75, 3.05) is 6.54 Å². The van der Waals surface area contributed by atoms with Gasteiger partial charge < -0.3 is 10.0 Å². The molecule has 0 spiro atoms. The minimum Gasteiger partial charge on any atom is -0.481 e. The van der Waals surface area contributed by atoms with Gasteiger partial charge in [-0.2, -0.15) is 0 Å². The van der Waals surface area contributed by atoms with Crippen molar-refractivity contribution in [3.63, 3.8) is 0 Å². The van der Waals surface area contributed by atoms with Crippen LogP contribution < -0.4 is 0 Å². The Balaban J connectivity index is 1.71. The van der Waals surface area contributed by atoms with Gasteiger partial charge >= 0.3 is 5.97 Å². The lowest BCUT2D eigenvalue weighted by molar-refractivity contribution is -0.153. The monoisotopic (exact) mass is 287 g/mol. The number of benzene rings is 1. The van der Waals surface area contributed by atoms with E-state index >= 15 is 0 Å². The number of carbonyl (C=O) groups excluding carboxylic acids is 1. The highest BCUT2D eigenvalue weighted by molar-refractivity contribution is 5.85. The summed E-state index contributed by atoms with van der Waals surface area (Å²) < 4.78 is 0. The van der Waals surface area contributed by atoms with Crippen molar-refractivity contribution in [2.45, 2.75) is 45.1 Å². The lowest BCUT2D eigenvalue weighted by Crippen LogP contribution is -2.40. The van der Waals surface area contributed by atoms with Crippen LogP contribution in [-0.4, -0.2) is 28.4 Å². The fraction of sp³-hybridized carbons (Fsp3) is 0.529. The van der Waals surface area contributed by atoms with E-state index in [-0.39, 0.29) is 12.3 Å². The molecule has 4 nitrogen and oxygen atoms in total. The molecule has 1 aromatic carbocycles. The smallest absolute Gasteiger partial charge is 0.310 e. The summed E-state index contributed by atoms with van der Waals surface area (Å²) in [5, 5.41) is 9.50. The molecule has 1 aliphatic carbocycles. The van der Waals surface area contributed by atoms with Crippen molar-refractivity contribution >= 4 is 11.9 Å². The van der Waals surface area contributed by atoms with Crippen LogP contribution >= 0.6 is 0 Å². The molecule has 4 heteroatoms. The summed E-state index contributed by atoms with van der Waals surface area (Å²) in [5.41, 5.74) is 1.68. The second-order valence-electron chi connectivity index (χ2n) is 6.30. The summed E-state index contributed by atoms with van der Waals surface area (Å²) in [7, 11) is 0. The van der Waals surface area contributed by atoms with Gasteiger partial charge in [-0.25, -0.2) is 0 Å². The fourth-order valence-electron chi connectivity index (χ4n) is 3.63. The van der Waals surface area contributed by atoms with E-state index in [1.54, 1.807) is 0 Å². The first-order valence-electron chi connectivity index (χ1n) is 7.69. The zero-order valence-electron chi connectivity index (χ0n) is 12.2. The number of carbonyl (C=O) groups is 2. The predicted octanol–water partition coefficient (Wildman–Crippen LogP) is 2.61. The van der Waals surface area contributed by atoms with Gasteiger partial charge in [0.25, 0.3) is 0 Å². The normalized spacial score (nSPS) is 20.1. The zero-order valence-corrected chi connectivity index (χ0v) is 12.2. The van der Waals surface area contributed by atoms with Gasteiger partial charge in [0.05, 0.1) is 5.41 Å². The number of amides is 1. The minimum atomic E-state index is -0.811. The molecular formula is C17H21NO3. The van der Waals surface area contributed by atoms with Crippen LogP contribution in [0.4, 0.5) is 0 Å². The number of carboxylic acids is 1. The van der Waals surface area contributed by atoms with Crippen LogP contribution in [0.25, 0.3) is 0 Å². The Labute approximate surface area is 124 Å². The Kier molecular flexibility index (Phi) is 3.70. The van der Waals surface area contributed by atoms with Gasteiger partial charge in [0.1, 0.15) is 0 Å². The van der Waals surface area contributed by atoms with E-state index in [0.29, 0.717) is 25.9 Å². The van der Waals surface area contributed by atoms with Crippen LogP contribution in [-0.2, 0) is 22.6 Å². The molecule has 3 rings (SSSR count).